The van der Waals surface area contributed by atoms with E-state index in [0.717, 1.165) is 12.1 Å². The van der Waals surface area contributed by atoms with E-state index in [0.29, 0.717) is 41.7 Å². The summed E-state index contributed by atoms with van der Waals surface area (Å²) in [6.07, 6.45) is -4.52. The molecule has 9 nitrogen and oxygen atoms in total. The Bertz CT molecular complexity index is 1430. The van der Waals surface area contributed by atoms with Crippen LogP contribution in [0.5, 0.6) is 17.5 Å². The van der Waals surface area contributed by atoms with Crippen LogP contribution < -0.4 is 19.5 Å². The van der Waals surface area contributed by atoms with E-state index in [1.807, 2.05) is 6.92 Å². The molecule has 0 atom stereocenters. The van der Waals surface area contributed by atoms with E-state index >= 15 is 0 Å². The van der Waals surface area contributed by atoms with E-state index in [1.165, 1.54) is 31.0 Å². The molecule has 12 heteroatoms. The van der Waals surface area contributed by atoms with Crippen LogP contribution in [0.3, 0.4) is 0 Å². The molecule has 0 unspecified atom stereocenters. The van der Waals surface area contributed by atoms with Crippen molar-refractivity contribution < 1.29 is 36.9 Å². The predicted molar refractivity (Wildman–Crippen MR) is 141 cm³/mol. The number of halogens is 3. The molecule has 0 saturated carbocycles. The molecule has 4 rings (SSSR count). The molecule has 1 aromatic heterocycles. The fourth-order valence-electron chi connectivity index (χ4n) is 3.72. The highest BCUT2D eigenvalue weighted by molar-refractivity contribution is 6.04. The lowest BCUT2D eigenvalue weighted by Crippen LogP contribution is -2.12. The molecular weight excluding hydrogens is 529 g/mol. The number of anilines is 1. The zero-order valence-electron chi connectivity index (χ0n) is 22.0. The summed E-state index contributed by atoms with van der Waals surface area (Å²) < 4.78 is 62.8. The van der Waals surface area contributed by atoms with Crippen LogP contribution in [-0.4, -0.2) is 54.7 Å². The van der Waals surface area contributed by atoms with Gasteiger partial charge in [0.1, 0.15) is 18.1 Å². The van der Waals surface area contributed by atoms with E-state index < -0.39 is 11.7 Å². The summed E-state index contributed by atoms with van der Waals surface area (Å²) in [5.41, 5.74) is 0.680. The van der Waals surface area contributed by atoms with E-state index in [-0.39, 0.29) is 29.9 Å². The molecule has 0 aliphatic rings. The number of alkyl halides is 3. The van der Waals surface area contributed by atoms with Crippen molar-refractivity contribution in [2.24, 2.45) is 0 Å². The zero-order chi connectivity index (χ0) is 28.7. The van der Waals surface area contributed by atoms with Gasteiger partial charge in [0, 0.05) is 29.5 Å². The third kappa shape index (κ3) is 6.89. The first-order valence-electron chi connectivity index (χ1n) is 12.2. The van der Waals surface area contributed by atoms with Crippen LogP contribution in [0, 0.1) is 0 Å². The summed E-state index contributed by atoms with van der Waals surface area (Å²) in [5, 5.41) is 7.15. The van der Waals surface area contributed by atoms with Crippen molar-refractivity contribution in [2.45, 2.75) is 13.1 Å². The van der Waals surface area contributed by atoms with Gasteiger partial charge in [-0.15, -0.1) is 5.10 Å². The Hall–Kier alpha value is -4.58. The molecule has 1 N–H and O–H groups in total. The molecule has 0 bridgehead atoms. The Morgan fingerprint density at radius 2 is 1.65 bits per heavy atom. The minimum absolute atomic E-state index is 0.0172. The molecule has 0 fully saturated rings. The number of hydrogen-bond acceptors (Lipinski definition) is 7. The van der Waals surface area contributed by atoms with Gasteiger partial charge in [-0.3, -0.25) is 4.79 Å². The molecule has 0 spiro atoms. The fraction of sp³-hybridized carbons (Fsp3) is 0.250. The summed E-state index contributed by atoms with van der Waals surface area (Å²) in [5.74, 6) is 0.693. The van der Waals surface area contributed by atoms with Crippen molar-refractivity contribution in [3.8, 4) is 34.6 Å². The van der Waals surface area contributed by atoms with Crippen molar-refractivity contribution >= 4 is 11.6 Å². The molecule has 0 aliphatic heterocycles. The van der Waals surface area contributed by atoms with Crippen LogP contribution in [0.15, 0.2) is 66.7 Å². The lowest BCUT2D eigenvalue weighted by molar-refractivity contribution is -0.137. The van der Waals surface area contributed by atoms with Gasteiger partial charge in [-0.25, -0.2) is 4.68 Å². The largest absolute Gasteiger partial charge is 0.497 e. The van der Waals surface area contributed by atoms with Gasteiger partial charge < -0.3 is 24.3 Å². The molecule has 3 aromatic carbocycles. The monoisotopic (exact) mass is 556 g/mol. The minimum atomic E-state index is -4.52. The molecular formula is C28H27F3N4O5. The van der Waals surface area contributed by atoms with Gasteiger partial charge in [0.05, 0.1) is 32.1 Å². The first-order chi connectivity index (χ1) is 19.2. The number of nitrogens with one attached hydrogen (secondary N) is 1. The van der Waals surface area contributed by atoms with E-state index in [1.54, 1.807) is 42.5 Å². The van der Waals surface area contributed by atoms with Gasteiger partial charge in [-0.05, 0) is 55.5 Å². The summed E-state index contributed by atoms with van der Waals surface area (Å²) in [6, 6.07) is 16.2. The first-order valence-corrected chi connectivity index (χ1v) is 12.2. The summed E-state index contributed by atoms with van der Waals surface area (Å²) in [6.45, 7) is 2.82. The number of ether oxygens (including phenoxy) is 4. The van der Waals surface area contributed by atoms with E-state index in [4.69, 9.17) is 18.9 Å². The number of hydrogen-bond donors (Lipinski definition) is 1. The van der Waals surface area contributed by atoms with Crippen LogP contribution in [0.25, 0.3) is 17.1 Å². The highest BCUT2D eigenvalue weighted by Crippen LogP contribution is 2.33. The maximum Gasteiger partial charge on any atom is 0.416 e. The Labute approximate surface area is 228 Å². The smallest absolute Gasteiger partial charge is 0.416 e. The Balaban J connectivity index is 1.62. The normalized spacial score (nSPS) is 11.2. The van der Waals surface area contributed by atoms with Crippen LogP contribution in [0.4, 0.5) is 18.9 Å². The van der Waals surface area contributed by atoms with Crippen molar-refractivity contribution in [3.63, 3.8) is 0 Å². The van der Waals surface area contributed by atoms with E-state index in [9.17, 15) is 18.0 Å². The molecule has 40 heavy (non-hydrogen) atoms. The molecule has 210 valence electrons. The van der Waals surface area contributed by atoms with Gasteiger partial charge in [-0.1, -0.05) is 12.1 Å². The van der Waals surface area contributed by atoms with Crippen molar-refractivity contribution in [3.05, 3.63) is 77.9 Å². The second-order valence-electron chi connectivity index (χ2n) is 8.36. The molecule has 0 aliphatic carbocycles. The number of carbonyl (C=O) groups is 1. The second kappa shape index (κ2) is 12.5. The summed E-state index contributed by atoms with van der Waals surface area (Å²) in [4.78, 5) is 17.2. The number of aromatic nitrogens is 3. The van der Waals surface area contributed by atoms with Crippen molar-refractivity contribution in [1.82, 2.24) is 14.8 Å². The van der Waals surface area contributed by atoms with Crippen LogP contribution in [0.2, 0.25) is 0 Å². The maximum absolute atomic E-state index is 13.4. The topological polar surface area (TPSA) is 96.7 Å². The van der Waals surface area contributed by atoms with Gasteiger partial charge in [-0.2, -0.15) is 18.2 Å². The number of carbonyl (C=O) groups excluding carboxylic acids is 1. The van der Waals surface area contributed by atoms with Gasteiger partial charge in [0.15, 0.2) is 5.82 Å². The summed E-state index contributed by atoms with van der Waals surface area (Å²) >= 11 is 0. The standard InChI is InChI=1S/C28H27F3N4O5/c1-4-39-12-13-40-27-33-25(18-6-5-7-20(14-18)28(29,30)31)35(34-27)22-10-8-21(9-11-22)32-26(36)19-15-23(37-2)17-24(16-19)38-3/h5-11,14-17H,4,12-13H2,1-3H3,(H,32,36). The van der Waals surface area contributed by atoms with Crippen LogP contribution >= 0.6 is 0 Å². The minimum Gasteiger partial charge on any atom is -0.497 e. The Morgan fingerprint density at radius 1 is 0.950 bits per heavy atom. The maximum atomic E-state index is 13.4. The predicted octanol–water partition coefficient (Wildman–Crippen LogP) is 5.64. The zero-order valence-corrected chi connectivity index (χ0v) is 22.0. The quantitative estimate of drug-likeness (QED) is 0.239. The average molecular weight is 557 g/mol. The number of benzene rings is 3. The van der Waals surface area contributed by atoms with Gasteiger partial charge >= 0.3 is 12.2 Å². The van der Waals surface area contributed by atoms with E-state index in [2.05, 4.69) is 15.4 Å². The number of rotatable bonds is 11. The van der Waals surface area contributed by atoms with Crippen LogP contribution in [0.1, 0.15) is 22.8 Å². The number of methoxy groups -OCH3 is 2. The van der Waals surface area contributed by atoms with Crippen molar-refractivity contribution in [2.75, 3.05) is 39.4 Å². The average Bonchev–Trinajstić information content (AvgIpc) is 3.39. The third-order valence-electron chi connectivity index (χ3n) is 5.68. The molecule has 1 heterocycles. The second-order valence-corrected chi connectivity index (χ2v) is 8.36. The number of amides is 1. The highest BCUT2D eigenvalue weighted by Gasteiger charge is 2.31. The fourth-order valence-corrected chi connectivity index (χ4v) is 3.72. The lowest BCUT2D eigenvalue weighted by Gasteiger charge is -2.11. The Morgan fingerprint density at radius 3 is 2.27 bits per heavy atom. The first kappa shape index (κ1) is 28.4. The summed E-state index contributed by atoms with van der Waals surface area (Å²) in [7, 11) is 2.98. The third-order valence-corrected chi connectivity index (χ3v) is 5.68. The van der Waals surface area contributed by atoms with Crippen LogP contribution in [-0.2, 0) is 10.9 Å². The molecule has 0 saturated heterocycles. The number of nitrogens with zero attached hydrogens (tertiary/aromatic N) is 3. The van der Waals surface area contributed by atoms with Gasteiger partial charge in [0.2, 0.25) is 0 Å². The SMILES string of the molecule is CCOCCOc1nc(-c2cccc(C(F)(F)F)c2)n(-c2ccc(NC(=O)c3cc(OC)cc(OC)c3)cc2)n1. The molecule has 1 amide bonds. The highest BCUT2D eigenvalue weighted by atomic mass is 19.4. The Kier molecular flexibility index (Phi) is 8.90. The molecule has 0 radical (unpaired) electrons. The molecule has 4 aromatic rings. The van der Waals surface area contributed by atoms with Gasteiger partial charge in [0.25, 0.3) is 5.91 Å². The lowest BCUT2D eigenvalue weighted by atomic mass is 10.1. The van der Waals surface area contributed by atoms with Crippen molar-refractivity contribution in [1.29, 1.82) is 0 Å².